The first kappa shape index (κ1) is 11.5. The largest absolute Gasteiger partial charge is 0.207 e. The molecule has 0 heterocycles. The van der Waals surface area contributed by atoms with E-state index >= 15 is 0 Å². The highest BCUT2D eigenvalue weighted by atomic mass is 35.5. The summed E-state index contributed by atoms with van der Waals surface area (Å²) in [5.41, 5.74) is 1.14. The molecule has 0 radical (unpaired) electrons. The second kappa shape index (κ2) is 5.37. The fraction of sp³-hybridized carbons (Fsp3) is 0.0769. The van der Waals surface area contributed by atoms with Crippen molar-refractivity contribution >= 4 is 23.4 Å². The minimum absolute atomic E-state index is 0.198. The van der Waals surface area contributed by atoms with Crippen molar-refractivity contribution in [2.24, 2.45) is 0 Å². The molecule has 0 amide bonds. The summed E-state index contributed by atoms with van der Waals surface area (Å²) < 4.78 is 12.9. The van der Waals surface area contributed by atoms with E-state index in [1.807, 2.05) is 30.3 Å². The molecule has 0 unspecified atom stereocenters. The Balaban J connectivity index is 2.02. The van der Waals surface area contributed by atoms with E-state index in [4.69, 9.17) is 11.6 Å². The van der Waals surface area contributed by atoms with Gasteiger partial charge < -0.3 is 0 Å². The molecular weight excluding hydrogens is 243 g/mol. The van der Waals surface area contributed by atoms with Crippen LogP contribution in [0.3, 0.4) is 0 Å². The van der Waals surface area contributed by atoms with E-state index in [-0.39, 0.29) is 5.82 Å². The maximum Gasteiger partial charge on any atom is 0.124 e. The van der Waals surface area contributed by atoms with Crippen molar-refractivity contribution in [3.8, 4) is 0 Å². The summed E-state index contributed by atoms with van der Waals surface area (Å²) >= 11 is 7.48. The molecule has 0 fully saturated rings. The lowest BCUT2D eigenvalue weighted by atomic mass is 10.2. The smallest absolute Gasteiger partial charge is 0.124 e. The van der Waals surface area contributed by atoms with Crippen LogP contribution in [-0.4, -0.2) is 0 Å². The molecule has 0 aromatic heterocycles. The van der Waals surface area contributed by atoms with Gasteiger partial charge in [-0.25, -0.2) is 4.39 Å². The van der Waals surface area contributed by atoms with Gasteiger partial charge in [0.1, 0.15) is 5.82 Å². The predicted octanol–water partition coefficient (Wildman–Crippen LogP) is 4.77. The number of halogens is 2. The van der Waals surface area contributed by atoms with Crippen molar-refractivity contribution < 1.29 is 4.39 Å². The first-order valence-corrected chi connectivity index (χ1v) is 6.23. The number of thioether (sulfide) groups is 1. The maximum atomic E-state index is 12.9. The fourth-order valence-corrected chi connectivity index (χ4v) is 2.45. The van der Waals surface area contributed by atoms with Gasteiger partial charge in [0.25, 0.3) is 0 Å². The van der Waals surface area contributed by atoms with E-state index < -0.39 is 0 Å². The molecule has 0 aliphatic rings. The number of hydrogen-bond donors (Lipinski definition) is 0. The summed E-state index contributed by atoms with van der Waals surface area (Å²) in [6.07, 6.45) is 0. The van der Waals surface area contributed by atoms with Crippen LogP contribution in [0.15, 0.2) is 53.4 Å². The summed E-state index contributed by atoms with van der Waals surface area (Å²) in [6.45, 7) is 0. The normalized spacial score (nSPS) is 10.4. The van der Waals surface area contributed by atoms with E-state index in [1.54, 1.807) is 17.8 Å². The zero-order chi connectivity index (χ0) is 11.4. The average molecular weight is 253 g/mol. The SMILES string of the molecule is Fc1cccc(SCc2cccc(Cl)c2)c1. The van der Waals surface area contributed by atoms with Gasteiger partial charge in [-0.05, 0) is 35.9 Å². The Kier molecular flexibility index (Phi) is 3.86. The van der Waals surface area contributed by atoms with Crippen molar-refractivity contribution in [1.82, 2.24) is 0 Å². The summed E-state index contributed by atoms with van der Waals surface area (Å²) in [4.78, 5) is 0.931. The average Bonchev–Trinajstić information content (AvgIpc) is 2.27. The summed E-state index contributed by atoms with van der Waals surface area (Å²) in [5, 5.41) is 0.734. The molecule has 0 spiro atoms. The van der Waals surface area contributed by atoms with Crippen LogP contribution in [0.4, 0.5) is 4.39 Å². The standard InChI is InChI=1S/C13H10ClFS/c14-11-4-1-3-10(7-11)9-16-13-6-2-5-12(15)8-13/h1-8H,9H2. The van der Waals surface area contributed by atoms with Gasteiger partial charge in [0, 0.05) is 15.7 Å². The maximum absolute atomic E-state index is 12.9. The quantitative estimate of drug-likeness (QED) is 0.709. The molecule has 0 saturated carbocycles. The van der Waals surface area contributed by atoms with E-state index in [9.17, 15) is 4.39 Å². The fourth-order valence-electron chi connectivity index (χ4n) is 1.35. The van der Waals surface area contributed by atoms with E-state index in [1.165, 1.54) is 12.1 Å². The van der Waals surface area contributed by atoms with Crippen LogP contribution < -0.4 is 0 Å². The molecule has 0 N–H and O–H groups in total. The van der Waals surface area contributed by atoms with Gasteiger partial charge in [-0.3, -0.25) is 0 Å². The zero-order valence-electron chi connectivity index (χ0n) is 8.49. The first-order chi connectivity index (χ1) is 7.74. The summed E-state index contributed by atoms with van der Waals surface area (Å²) in [7, 11) is 0. The van der Waals surface area contributed by atoms with Crippen LogP contribution in [0, 0.1) is 5.82 Å². The van der Waals surface area contributed by atoms with Crippen molar-refractivity contribution in [2.75, 3.05) is 0 Å². The topological polar surface area (TPSA) is 0 Å². The number of benzene rings is 2. The molecule has 0 atom stereocenters. The van der Waals surface area contributed by atoms with Crippen molar-refractivity contribution in [3.05, 3.63) is 64.9 Å². The van der Waals surface area contributed by atoms with Crippen LogP contribution in [-0.2, 0) is 5.75 Å². The van der Waals surface area contributed by atoms with Gasteiger partial charge in [0.2, 0.25) is 0 Å². The third-order valence-corrected chi connectivity index (χ3v) is 3.39. The molecule has 2 rings (SSSR count). The Morgan fingerprint density at radius 3 is 2.62 bits per heavy atom. The first-order valence-electron chi connectivity index (χ1n) is 4.87. The van der Waals surface area contributed by atoms with E-state index in [0.717, 1.165) is 21.2 Å². The Morgan fingerprint density at radius 2 is 1.88 bits per heavy atom. The van der Waals surface area contributed by atoms with Crippen LogP contribution in [0.1, 0.15) is 5.56 Å². The van der Waals surface area contributed by atoms with Crippen molar-refractivity contribution in [2.45, 2.75) is 10.6 Å². The molecule has 0 aliphatic heterocycles. The van der Waals surface area contributed by atoms with E-state index in [0.29, 0.717) is 0 Å². The van der Waals surface area contributed by atoms with Crippen LogP contribution in [0.25, 0.3) is 0 Å². The molecule has 0 nitrogen and oxygen atoms in total. The number of hydrogen-bond acceptors (Lipinski definition) is 1. The molecule has 0 bridgehead atoms. The molecule has 0 saturated heterocycles. The van der Waals surface area contributed by atoms with Gasteiger partial charge in [0.15, 0.2) is 0 Å². The third-order valence-electron chi connectivity index (χ3n) is 2.09. The predicted molar refractivity (Wildman–Crippen MR) is 67.4 cm³/mol. The highest BCUT2D eigenvalue weighted by Gasteiger charge is 1.98. The highest BCUT2D eigenvalue weighted by molar-refractivity contribution is 7.98. The summed E-state index contributed by atoms with van der Waals surface area (Å²) in [5.74, 6) is 0.598. The Bertz CT molecular complexity index is 439. The van der Waals surface area contributed by atoms with Gasteiger partial charge >= 0.3 is 0 Å². The van der Waals surface area contributed by atoms with Gasteiger partial charge in [-0.15, -0.1) is 11.8 Å². The zero-order valence-corrected chi connectivity index (χ0v) is 10.1. The molecule has 16 heavy (non-hydrogen) atoms. The van der Waals surface area contributed by atoms with Crippen LogP contribution in [0.5, 0.6) is 0 Å². The van der Waals surface area contributed by atoms with Gasteiger partial charge in [0.05, 0.1) is 0 Å². The lowest BCUT2D eigenvalue weighted by Gasteiger charge is -2.02. The van der Waals surface area contributed by atoms with Gasteiger partial charge in [-0.1, -0.05) is 29.8 Å². The second-order valence-corrected chi connectivity index (χ2v) is 4.86. The van der Waals surface area contributed by atoms with Crippen molar-refractivity contribution in [3.63, 3.8) is 0 Å². The summed E-state index contributed by atoms with van der Waals surface area (Å²) in [6, 6.07) is 14.3. The van der Waals surface area contributed by atoms with E-state index in [2.05, 4.69) is 0 Å². The minimum atomic E-state index is -0.198. The van der Waals surface area contributed by atoms with Crippen molar-refractivity contribution in [1.29, 1.82) is 0 Å². The van der Waals surface area contributed by atoms with Gasteiger partial charge in [-0.2, -0.15) is 0 Å². The Morgan fingerprint density at radius 1 is 1.06 bits per heavy atom. The highest BCUT2D eigenvalue weighted by Crippen LogP contribution is 2.24. The molecule has 0 aliphatic carbocycles. The monoisotopic (exact) mass is 252 g/mol. The lowest BCUT2D eigenvalue weighted by molar-refractivity contribution is 0.624. The van der Waals surface area contributed by atoms with Crippen LogP contribution >= 0.6 is 23.4 Å². The van der Waals surface area contributed by atoms with Crippen LogP contribution in [0.2, 0.25) is 5.02 Å². The lowest BCUT2D eigenvalue weighted by Crippen LogP contribution is -1.81. The third kappa shape index (κ3) is 3.26. The Labute approximate surface area is 103 Å². The number of rotatable bonds is 3. The minimum Gasteiger partial charge on any atom is -0.207 e. The Hall–Kier alpha value is -0.990. The second-order valence-electron chi connectivity index (χ2n) is 3.38. The molecular formula is C13H10ClFS. The molecule has 2 aromatic rings. The molecule has 82 valence electrons. The molecule has 3 heteroatoms. The molecule has 2 aromatic carbocycles.